The lowest BCUT2D eigenvalue weighted by Crippen LogP contribution is -2.57. The van der Waals surface area contributed by atoms with E-state index in [2.05, 4.69) is 29.7 Å². The average Bonchev–Trinajstić information content (AvgIpc) is 1.60. The molecule has 3 nitrogen and oxygen atoms in total. The molecule has 0 aliphatic carbocycles. The van der Waals surface area contributed by atoms with Gasteiger partial charge in [0, 0.05) is 13.6 Å². The van der Waals surface area contributed by atoms with Crippen LogP contribution in [0.2, 0.25) is 0 Å². The Kier molecular flexibility index (Phi) is 2.45. The van der Waals surface area contributed by atoms with E-state index in [1.807, 2.05) is 0 Å². The molecule has 9 heavy (non-hydrogen) atoms. The van der Waals surface area contributed by atoms with E-state index in [1.54, 1.807) is 0 Å². The van der Waals surface area contributed by atoms with Crippen molar-refractivity contribution >= 4 is 0 Å². The molecule has 0 spiro atoms. The average molecular weight is 129 g/mol. The standard InChI is InChI=1S/C6H15N3/c1-3-8-9(2)6-4-5-7-6/h6-8H,3-5H2,1-2H3. The second-order valence-electron chi connectivity index (χ2n) is 2.38. The van der Waals surface area contributed by atoms with E-state index in [0.717, 1.165) is 6.54 Å². The Bertz CT molecular complexity index is 80.4. The molecule has 1 atom stereocenters. The first kappa shape index (κ1) is 6.99. The molecule has 1 unspecified atom stereocenters. The molecule has 0 bridgehead atoms. The third-order valence-electron chi connectivity index (χ3n) is 1.67. The van der Waals surface area contributed by atoms with E-state index in [4.69, 9.17) is 0 Å². The van der Waals surface area contributed by atoms with E-state index in [1.165, 1.54) is 13.0 Å². The van der Waals surface area contributed by atoms with Gasteiger partial charge in [-0.25, -0.2) is 5.01 Å². The summed E-state index contributed by atoms with van der Waals surface area (Å²) in [6, 6.07) is 0. The van der Waals surface area contributed by atoms with Gasteiger partial charge in [-0.1, -0.05) is 6.92 Å². The molecule has 1 fully saturated rings. The van der Waals surface area contributed by atoms with E-state index >= 15 is 0 Å². The van der Waals surface area contributed by atoms with Gasteiger partial charge in [0.1, 0.15) is 0 Å². The summed E-state index contributed by atoms with van der Waals surface area (Å²) < 4.78 is 0. The van der Waals surface area contributed by atoms with Crippen molar-refractivity contribution in [3.63, 3.8) is 0 Å². The number of hydrogen-bond acceptors (Lipinski definition) is 3. The van der Waals surface area contributed by atoms with E-state index in [9.17, 15) is 0 Å². The molecule has 0 aromatic rings. The summed E-state index contributed by atoms with van der Waals surface area (Å²) in [4.78, 5) is 0. The summed E-state index contributed by atoms with van der Waals surface area (Å²) in [5.41, 5.74) is 3.22. The van der Waals surface area contributed by atoms with E-state index in [-0.39, 0.29) is 0 Å². The summed E-state index contributed by atoms with van der Waals surface area (Å²) in [5, 5.41) is 5.42. The monoisotopic (exact) mass is 129 g/mol. The summed E-state index contributed by atoms with van der Waals surface area (Å²) >= 11 is 0. The van der Waals surface area contributed by atoms with Crippen molar-refractivity contribution in [1.29, 1.82) is 0 Å². The Balaban J connectivity index is 2.08. The van der Waals surface area contributed by atoms with Gasteiger partial charge in [-0.15, -0.1) is 0 Å². The number of nitrogens with one attached hydrogen (secondary N) is 2. The van der Waals surface area contributed by atoms with Gasteiger partial charge in [-0.3, -0.25) is 5.43 Å². The molecule has 0 radical (unpaired) electrons. The van der Waals surface area contributed by atoms with Crippen LogP contribution in [0.15, 0.2) is 0 Å². The van der Waals surface area contributed by atoms with Crippen LogP contribution >= 0.6 is 0 Å². The maximum absolute atomic E-state index is 3.29. The SMILES string of the molecule is CCNN(C)C1CCN1. The number of hydrazine groups is 1. The van der Waals surface area contributed by atoms with E-state index in [0.29, 0.717) is 6.17 Å². The number of hydrogen-bond donors (Lipinski definition) is 2. The summed E-state index contributed by atoms with van der Waals surface area (Å²) in [6.45, 7) is 4.28. The maximum atomic E-state index is 3.29. The molecule has 1 aliphatic rings. The first-order valence-electron chi connectivity index (χ1n) is 3.54. The zero-order valence-electron chi connectivity index (χ0n) is 6.15. The molecule has 3 heteroatoms. The fourth-order valence-corrected chi connectivity index (χ4v) is 0.964. The van der Waals surface area contributed by atoms with Gasteiger partial charge in [0.25, 0.3) is 0 Å². The van der Waals surface area contributed by atoms with Crippen molar-refractivity contribution in [3.05, 3.63) is 0 Å². The lowest BCUT2D eigenvalue weighted by Gasteiger charge is -2.35. The van der Waals surface area contributed by atoms with Gasteiger partial charge in [0.05, 0.1) is 6.17 Å². The van der Waals surface area contributed by atoms with Crippen LogP contribution in [-0.4, -0.2) is 31.3 Å². The molecule has 1 aliphatic heterocycles. The summed E-state index contributed by atoms with van der Waals surface area (Å²) in [5.74, 6) is 0. The van der Waals surface area contributed by atoms with Crippen molar-refractivity contribution in [3.8, 4) is 0 Å². The molecule has 1 heterocycles. The van der Waals surface area contributed by atoms with Gasteiger partial charge >= 0.3 is 0 Å². The fraction of sp³-hybridized carbons (Fsp3) is 1.00. The molecule has 0 saturated carbocycles. The van der Waals surface area contributed by atoms with Gasteiger partial charge in [0.2, 0.25) is 0 Å². The molecule has 54 valence electrons. The highest BCUT2D eigenvalue weighted by Gasteiger charge is 2.19. The zero-order valence-corrected chi connectivity index (χ0v) is 6.15. The Morgan fingerprint density at radius 3 is 2.78 bits per heavy atom. The van der Waals surface area contributed by atoms with Crippen LogP contribution in [0.1, 0.15) is 13.3 Å². The summed E-state index contributed by atoms with van der Waals surface area (Å²) in [7, 11) is 2.07. The third-order valence-corrected chi connectivity index (χ3v) is 1.67. The minimum absolute atomic E-state index is 0.574. The first-order chi connectivity index (χ1) is 4.34. The fourth-order valence-electron chi connectivity index (χ4n) is 0.964. The van der Waals surface area contributed by atoms with Crippen LogP contribution in [0.5, 0.6) is 0 Å². The molecule has 2 N–H and O–H groups in total. The summed E-state index contributed by atoms with van der Waals surface area (Å²) in [6.07, 6.45) is 1.84. The second kappa shape index (κ2) is 3.15. The zero-order chi connectivity index (χ0) is 6.69. The van der Waals surface area contributed by atoms with Crippen LogP contribution in [0.3, 0.4) is 0 Å². The van der Waals surface area contributed by atoms with Crippen molar-refractivity contribution in [2.75, 3.05) is 20.1 Å². The van der Waals surface area contributed by atoms with Gasteiger partial charge < -0.3 is 5.32 Å². The maximum Gasteiger partial charge on any atom is 0.0741 e. The molecular weight excluding hydrogens is 114 g/mol. The molecule has 0 amide bonds. The minimum atomic E-state index is 0.574. The van der Waals surface area contributed by atoms with Gasteiger partial charge in [0.15, 0.2) is 0 Å². The van der Waals surface area contributed by atoms with Crippen LogP contribution in [0.25, 0.3) is 0 Å². The smallest absolute Gasteiger partial charge is 0.0741 e. The Hall–Kier alpha value is -0.120. The molecule has 1 rings (SSSR count). The van der Waals surface area contributed by atoms with Crippen LogP contribution < -0.4 is 10.7 Å². The van der Waals surface area contributed by atoms with Crippen LogP contribution in [-0.2, 0) is 0 Å². The third kappa shape index (κ3) is 1.64. The predicted octanol–water partition coefficient (Wildman–Crippen LogP) is -0.238. The first-order valence-corrected chi connectivity index (χ1v) is 3.54. The van der Waals surface area contributed by atoms with Crippen molar-refractivity contribution < 1.29 is 0 Å². The van der Waals surface area contributed by atoms with Crippen molar-refractivity contribution in [2.24, 2.45) is 0 Å². The number of rotatable bonds is 3. The van der Waals surface area contributed by atoms with Crippen molar-refractivity contribution in [2.45, 2.75) is 19.5 Å². The number of nitrogens with zero attached hydrogens (tertiary/aromatic N) is 1. The highest BCUT2D eigenvalue weighted by Crippen LogP contribution is 2.02. The molecule has 0 aromatic carbocycles. The Morgan fingerprint density at radius 2 is 2.44 bits per heavy atom. The Morgan fingerprint density at radius 1 is 1.78 bits per heavy atom. The molecule has 0 aromatic heterocycles. The second-order valence-corrected chi connectivity index (χ2v) is 2.38. The predicted molar refractivity (Wildman–Crippen MR) is 37.8 cm³/mol. The van der Waals surface area contributed by atoms with Gasteiger partial charge in [-0.05, 0) is 13.0 Å². The highest BCUT2D eigenvalue weighted by atomic mass is 15.5. The lowest BCUT2D eigenvalue weighted by atomic mass is 10.2. The molecular formula is C6H15N3. The lowest BCUT2D eigenvalue weighted by molar-refractivity contribution is 0.0878. The normalized spacial score (nSPS) is 26.3. The van der Waals surface area contributed by atoms with E-state index < -0.39 is 0 Å². The molecule has 1 saturated heterocycles. The Labute approximate surface area is 56.4 Å². The minimum Gasteiger partial charge on any atom is -0.301 e. The topological polar surface area (TPSA) is 27.3 Å². The quantitative estimate of drug-likeness (QED) is 0.515. The highest BCUT2D eigenvalue weighted by molar-refractivity contribution is 4.73. The van der Waals surface area contributed by atoms with Crippen LogP contribution in [0, 0.1) is 0 Å². The van der Waals surface area contributed by atoms with Crippen molar-refractivity contribution in [1.82, 2.24) is 15.8 Å². The largest absolute Gasteiger partial charge is 0.301 e. The van der Waals surface area contributed by atoms with Gasteiger partial charge in [-0.2, -0.15) is 0 Å². The van der Waals surface area contributed by atoms with Crippen LogP contribution in [0.4, 0.5) is 0 Å².